The van der Waals surface area contributed by atoms with Crippen molar-refractivity contribution in [1.29, 1.82) is 0 Å². The van der Waals surface area contributed by atoms with Crippen LogP contribution in [0, 0.1) is 6.92 Å². The Morgan fingerprint density at radius 2 is 1.84 bits per heavy atom. The van der Waals surface area contributed by atoms with Crippen molar-refractivity contribution in [2.45, 2.75) is 25.3 Å². The number of nitrogens with two attached hydrogens (primary N) is 1. The fourth-order valence-electron chi connectivity index (χ4n) is 2.44. The molecule has 0 bridgehead atoms. The summed E-state index contributed by atoms with van der Waals surface area (Å²) < 4.78 is 32.5. The Kier molecular flexibility index (Phi) is 6.17. The van der Waals surface area contributed by atoms with Crippen LogP contribution < -0.4 is 10.5 Å². The minimum atomic E-state index is -3.87. The van der Waals surface area contributed by atoms with Crippen molar-refractivity contribution >= 4 is 15.9 Å². The lowest BCUT2D eigenvalue weighted by Gasteiger charge is -2.21. The standard InChI is InChI=1S/C18H22N2O4S/c1-3-24-17-10-9-16(11-14(17)2)25(22,23)20(13-18(19)21)12-15-7-5-4-6-8-15/h4-11H,3,12-13H2,1-2H3,(H2,19,21). The number of hydrogen-bond acceptors (Lipinski definition) is 4. The highest BCUT2D eigenvalue weighted by molar-refractivity contribution is 7.89. The van der Waals surface area contributed by atoms with Gasteiger partial charge < -0.3 is 10.5 Å². The van der Waals surface area contributed by atoms with Crippen LogP contribution in [-0.4, -0.2) is 31.8 Å². The lowest BCUT2D eigenvalue weighted by molar-refractivity contribution is -0.118. The second kappa shape index (κ2) is 8.13. The summed E-state index contributed by atoms with van der Waals surface area (Å²) in [7, 11) is -3.87. The third-order valence-corrected chi connectivity index (χ3v) is 5.41. The molecule has 0 aliphatic heterocycles. The van der Waals surface area contributed by atoms with Crippen LogP contribution in [0.4, 0.5) is 0 Å². The SMILES string of the molecule is CCOc1ccc(S(=O)(=O)N(CC(N)=O)Cc2ccccc2)cc1C. The maximum atomic E-state index is 13.0. The van der Waals surface area contributed by atoms with Crippen molar-refractivity contribution in [3.05, 3.63) is 59.7 Å². The molecule has 0 unspecified atom stereocenters. The summed E-state index contributed by atoms with van der Waals surface area (Å²) in [4.78, 5) is 11.5. The van der Waals surface area contributed by atoms with Crippen molar-refractivity contribution in [3.63, 3.8) is 0 Å². The molecule has 25 heavy (non-hydrogen) atoms. The number of nitrogens with zero attached hydrogens (tertiary/aromatic N) is 1. The van der Waals surface area contributed by atoms with Crippen molar-refractivity contribution in [2.24, 2.45) is 5.73 Å². The lowest BCUT2D eigenvalue weighted by atomic mass is 10.2. The zero-order valence-electron chi connectivity index (χ0n) is 14.3. The molecule has 0 fully saturated rings. The highest BCUT2D eigenvalue weighted by atomic mass is 32.2. The normalized spacial score (nSPS) is 11.5. The van der Waals surface area contributed by atoms with Crippen LogP contribution in [0.25, 0.3) is 0 Å². The first-order valence-electron chi connectivity index (χ1n) is 7.90. The van der Waals surface area contributed by atoms with Crippen LogP contribution >= 0.6 is 0 Å². The zero-order chi connectivity index (χ0) is 18.4. The molecule has 0 saturated carbocycles. The summed E-state index contributed by atoms with van der Waals surface area (Å²) in [6, 6.07) is 13.7. The summed E-state index contributed by atoms with van der Waals surface area (Å²) in [6.45, 7) is 3.81. The van der Waals surface area contributed by atoms with Crippen molar-refractivity contribution in [1.82, 2.24) is 4.31 Å². The molecular formula is C18H22N2O4S. The predicted octanol–water partition coefficient (Wildman–Crippen LogP) is 2.07. The number of carbonyl (C=O) groups excluding carboxylic acids is 1. The van der Waals surface area contributed by atoms with Crippen LogP contribution in [0.1, 0.15) is 18.1 Å². The third kappa shape index (κ3) is 4.80. The van der Waals surface area contributed by atoms with Gasteiger partial charge in [0.25, 0.3) is 0 Å². The van der Waals surface area contributed by atoms with Crippen molar-refractivity contribution in [2.75, 3.05) is 13.2 Å². The van der Waals surface area contributed by atoms with Gasteiger partial charge in [-0.15, -0.1) is 0 Å². The number of aryl methyl sites for hydroxylation is 1. The molecule has 0 saturated heterocycles. The maximum Gasteiger partial charge on any atom is 0.243 e. The fraction of sp³-hybridized carbons (Fsp3) is 0.278. The van der Waals surface area contributed by atoms with E-state index in [1.165, 1.54) is 6.07 Å². The Bertz CT molecular complexity index is 835. The Balaban J connectivity index is 2.37. The van der Waals surface area contributed by atoms with E-state index in [2.05, 4.69) is 0 Å². The number of primary amides is 1. The van der Waals surface area contributed by atoms with E-state index in [4.69, 9.17) is 10.5 Å². The molecule has 0 atom stereocenters. The third-order valence-electron chi connectivity index (χ3n) is 3.62. The van der Waals surface area contributed by atoms with Crippen LogP contribution in [-0.2, 0) is 21.4 Å². The number of carbonyl (C=O) groups is 1. The molecule has 2 aromatic carbocycles. The molecule has 6 nitrogen and oxygen atoms in total. The van der Waals surface area contributed by atoms with Crippen LogP contribution in [0.15, 0.2) is 53.4 Å². The topological polar surface area (TPSA) is 89.7 Å². The average Bonchev–Trinajstić information content (AvgIpc) is 2.56. The van der Waals surface area contributed by atoms with E-state index in [0.29, 0.717) is 17.9 Å². The van der Waals surface area contributed by atoms with E-state index in [1.807, 2.05) is 25.1 Å². The number of benzene rings is 2. The summed E-state index contributed by atoms with van der Waals surface area (Å²) >= 11 is 0. The molecule has 0 aromatic heterocycles. The largest absolute Gasteiger partial charge is 0.494 e. The molecule has 134 valence electrons. The Labute approximate surface area is 148 Å². The predicted molar refractivity (Wildman–Crippen MR) is 95.6 cm³/mol. The first-order valence-corrected chi connectivity index (χ1v) is 9.34. The molecule has 0 spiro atoms. The van der Waals surface area contributed by atoms with Gasteiger partial charge in [0, 0.05) is 6.54 Å². The quantitative estimate of drug-likeness (QED) is 0.778. The van der Waals surface area contributed by atoms with Gasteiger partial charge in [0.1, 0.15) is 5.75 Å². The van der Waals surface area contributed by atoms with E-state index in [1.54, 1.807) is 31.2 Å². The minimum Gasteiger partial charge on any atom is -0.494 e. The average molecular weight is 362 g/mol. The van der Waals surface area contributed by atoms with Gasteiger partial charge in [-0.25, -0.2) is 8.42 Å². The van der Waals surface area contributed by atoms with Gasteiger partial charge in [-0.1, -0.05) is 30.3 Å². The zero-order valence-corrected chi connectivity index (χ0v) is 15.1. The first kappa shape index (κ1) is 19.0. The second-order valence-electron chi connectivity index (χ2n) is 5.59. The Hall–Kier alpha value is -2.38. The molecule has 1 amide bonds. The maximum absolute atomic E-state index is 13.0. The number of hydrogen-bond donors (Lipinski definition) is 1. The van der Waals surface area contributed by atoms with Crippen molar-refractivity contribution < 1.29 is 17.9 Å². The number of amides is 1. The molecule has 2 aromatic rings. The van der Waals surface area contributed by atoms with Gasteiger partial charge in [0.15, 0.2) is 0 Å². The molecule has 0 aliphatic carbocycles. The molecule has 0 radical (unpaired) electrons. The van der Waals surface area contributed by atoms with Crippen molar-refractivity contribution in [3.8, 4) is 5.75 Å². The van der Waals surface area contributed by atoms with E-state index < -0.39 is 15.9 Å². The van der Waals surface area contributed by atoms with E-state index in [-0.39, 0.29) is 18.0 Å². The number of rotatable bonds is 8. The van der Waals surface area contributed by atoms with E-state index in [0.717, 1.165) is 9.87 Å². The number of sulfonamides is 1. The summed E-state index contributed by atoms with van der Waals surface area (Å²) in [6.07, 6.45) is 0. The molecule has 0 heterocycles. The Morgan fingerprint density at radius 3 is 2.40 bits per heavy atom. The minimum absolute atomic E-state index is 0.0678. The van der Waals surface area contributed by atoms with Gasteiger partial charge >= 0.3 is 0 Å². The number of ether oxygens (including phenoxy) is 1. The van der Waals surface area contributed by atoms with Crippen LogP contribution in [0.5, 0.6) is 5.75 Å². The molecule has 0 aliphatic rings. The van der Waals surface area contributed by atoms with Gasteiger partial charge in [0.05, 0.1) is 18.0 Å². The summed E-state index contributed by atoms with van der Waals surface area (Å²) in [5.74, 6) is -0.0758. The molecule has 2 N–H and O–H groups in total. The van der Waals surface area contributed by atoms with Gasteiger partial charge in [-0.2, -0.15) is 4.31 Å². The van der Waals surface area contributed by atoms with Crippen LogP contribution in [0.2, 0.25) is 0 Å². The highest BCUT2D eigenvalue weighted by Gasteiger charge is 2.26. The smallest absolute Gasteiger partial charge is 0.243 e. The lowest BCUT2D eigenvalue weighted by Crippen LogP contribution is -2.38. The van der Waals surface area contributed by atoms with Gasteiger partial charge in [-0.05, 0) is 43.2 Å². The highest BCUT2D eigenvalue weighted by Crippen LogP contribution is 2.25. The second-order valence-corrected chi connectivity index (χ2v) is 7.52. The molecular weight excluding hydrogens is 340 g/mol. The van der Waals surface area contributed by atoms with Gasteiger partial charge in [-0.3, -0.25) is 4.79 Å². The summed E-state index contributed by atoms with van der Waals surface area (Å²) in [5, 5.41) is 0. The summed E-state index contributed by atoms with van der Waals surface area (Å²) in [5.41, 5.74) is 6.73. The first-order chi connectivity index (χ1) is 11.8. The van der Waals surface area contributed by atoms with E-state index >= 15 is 0 Å². The molecule has 2 rings (SSSR count). The monoisotopic (exact) mass is 362 g/mol. The van der Waals surface area contributed by atoms with Crippen LogP contribution in [0.3, 0.4) is 0 Å². The van der Waals surface area contributed by atoms with E-state index in [9.17, 15) is 13.2 Å². The van der Waals surface area contributed by atoms with Gasteiger partial charge in [0.2, 0.25) is 15.9 Å². The Morgan fingerprint density at radius 1 is 1.16 bits per heavy atom. The fourth-order valence-corrected chi connectivity index (χ4v) is 3.92. The molecule has 7 heteroatoms.